The SMILES string of the molecule is Cc1cc(F)cc(OC2C[C@@H]3CN(CC(O)c4ccc(O)cn4)C[C@@H]3C2)c1.Cc1ccc(OC2C[C@@H]3CN(CC(O)c4ccc(O)c(F)n4)C[C@@H]3C2)cc1.Cc1ccc(OC2C[C@@H]3CN(CC(O)c4ccc(O)cc4)C[C@@H]3C2)cc1. The van der Waals surface area contributed by atoms with Crippen molar-refractivity contribution in [3.8, 4) is 34.5 Å². The van der Waals surface area contributed by atoms with Crippen LogP contribution in [0.25, 0.3) is 0 Å². The second-order valence-electron chi connectivity index (χ2n) is 23.6. The van der Waals surface area contributed by atoms with Crippen LogP contribution in [0.1, 0.15) is 90.5 Å². The van der Waals surface area contributed by atoms with Gasteiger partial charge in [-0.15, -0.1) is 0 Å². The zero-order chi connectivity index (χ0) is 56.0. The second-order valence-corrected chi connectivity index (χ2v) is 23.6. The number of β-amino-alcohol motifs (C(OH)–C–C–N with tert-alkyl or cyclic N) is 3. The summed E-state index contributed by atoms with van der Waals surface area (Å²) in [6.45, 7) is 13.4. The Morgan fingerprint density at radius 3 is 1.30 bits per heavy atom. The van der Waals surface area contributed by atoms with Crippen LogP contribution < -0.4 is 14.2 Å². The summed E-state index contributed by atoms with van der Waals surface area (Å²) in [6, 6.07) is 34.1. The molecular formula is C64H77F2N5O9. The highest BCUT2D eigenvalue weighted by molar-refractivity contribution is 5.31. The predicted octanol–water partition coefficient (Wildman–Crippen LogP) is 9.64. The second kappa shape index (κ2) is 25.6. The van der Waals surface area contributed by atoms with E-state index in [0.717, 1.165) is 100 Å². The molecule has 14 nitrogen and oxygen atoms in total. The number of aromatic hydroxyl groups is 3. The lowest BCUT2D eigenvalue weighted by Gasteiger charge is -2.22. The van der Waals surface area contributed by atoms with Crippen molar-refractivity contribution >= 4 is 0 Å². The molecule has 6 fully saturated rings. The molecule has 0 radical (unpaired) electrons. The molecular weight excluding hydrogens is 1020 g/mol. The number of aliphatic hydroxyl groups excluding tert-OH is 3. The number of nitrogens with zero attached hydrogens (tertiary/aromatic N) is 5. The smallest absolute Gasteiger partial charge is 0.255 e. The largest absolute Gasteiger partial charge is 0.508 e. The van der Waals surface area contributed by atoms with Gasteiger partial charge in [0.05, 0.1) is 42.0 Å². The summed E-state index contributed by atoms with van der Waals surface area (Å²) >= 11 is 0. The molecule has 6 N–H and O–H groups in total. The molecule has 0 spiro atoms. The van der Waals surface area contributed by atoms with Crippen molar-refractivity contribution in [3.05, 3.63) is 167 Å². The minimum Gasteiger partial charge on any atom is -0.508 e. The third kappa shape index (κ3) is 14.9. The molecule has 16 heteroatoms. The molecule has 3 saturated heterocycles. The lowest BCUT2D eigenvalue weighted by molar-refractivity contribution is 0.112. The van der Waals surface area contributed by atoms with E-state index < -0.39 is 30.0 Å². The minimum absolute atomic E-state index is 0.0983. The van der Waals surface area contributed by atoms with Crippen LogP contribution in [-0.4, -0.2) is 133 Å². The van der Waals surface area contributed by atoms with Crippen molar-refractivity contribution in [1.82, 2.24) is 24.7 Å². The number of aliphatic hydroxyl groups is 3. The average molecular weight is 1100 g/mol. The van der Waals surface area contributed by atoms with E-state index in [0.29, 0.717) is 72.7 Å². The molecule has 3 aliphatic carbocycles. The zero-order valence-electron chi connectivity index (χ0n) is 46.0. The Balaban J connectivity index is 0.000000135. The van der Waals surface area contributed by atoms with E-state index in [-0.39, 0.29) is 35.2 Å². The van der Waals surface area contributed by atoms with Crippen LogP contribution in [0.5, 0.6) is 34.5 Å². The standard InChI is InChI=1S/C22H27NO3.2C21H25FN2O3/c1-15-2-8-20(9-3-15)26-21-10-17-12-23(13-18(17)11-21)14-22(25)16-4-6-19(24)7-5-16;1-13-2-4-16(5-3-13)27-17-8-14-10-24(11-15(14)9-17)12-20(26)18-6-7-19(25)21(22)23-18;1-13-4-16(22)8-18(5-13)27-19-6-14-10-24(11-15(14)7-19)12-21(26)20-3-2-17(25)9-23-20/h2-9,17-18,21-22,24-25H,10-14H2,1H3;2-7,14-15,17,20,25-26H,8-12H2,1H3;2-5,8-9,14-15,19,21,25-26H,6-7,10-12H2,1H3/t17-,18+,21?,22?;14-,15+,17?,20?;14-,15+,19?,21?. The Morgan fingerprint density at radius 2 is 0.875 bits per heavy atom. The lowest BCUT2D eigenvalue weighted by Crippen LogP contribution is -2.29. The average Bonchev–Trinajstić information content (AvgIpc) is 4.47. The van der Waals surface area contributed by atoms with Crippen LogP contribution in [0.3, 0.4) is 0 Å². The lowest BCUT2D eigenvalue weighted by atomic mass is 10.0. The van der Waals surface area contributed by atoms with Crippen LogP contribution in [0.2, 0.25) is 0 Å². The fraction of sp³-hybridized carbons (Fsp3) is 0.469. The van der Waals surface area contributed by atoms with Gasteiger partial charge >= 0.3 is 0 Å². The maximum absolute atomic E-state index is 13.5. The molecule has 3 saturated carbocycles. The highest BCUT2D eigenvalue weighted by Gasteiger charge is 2.45. The third-order valence-electron chi connectivity index (χ3n) is 17.2. The summed E-state index contributed by atoms with van der Waals surface area (Å²) in [6.07, 6.45) is 6.20. The molecule has 80 heavy (non-hydrogen) atoms. The normalized spacial score (nSPS) is 26.3. The first-order chi connectivity index (χ1) is 38.5. The van der Waals surface area contributed by atoms with Crippen molar-refractivity contribution in [2.75, 3.05) is 58.9 Å². The monoisotopic (exact) mass is 1100 g/mol. The Labute approximate surface area is 468 Å². The third-order valence-corrected chi connectivity index (χ3v) is 17.2. The topological polar surface area (TPSA) is 185 Å². The fourth-order valence-corrected chi connectivity index (χ4v) is 13.3. The maximum atomic E-state index is 13.5. The first-order valence-electron chi connectivity index (χ1n) is 28.4. The molecule has 4 aromatic carbocycles. The van der Waals surface area contributed by atoms with Gasteiger partial charge in [-0.2, -0.15) is 4.39 Å². The van der Waals surface area contributed by atoms with Gasteiger partial charge in [-0.3, -0.25) is 19.7 Å². The van der Waals surface area contributed by atoms with Gasteiger partial charge in [-0.1, -0.05) is 47.5 Å². The number of benzene rings is 4. The number of likely N-dealkylation sites (tertiary alicyclic amines) is 3. The van der Waals surface area contributed by atoms with E-state index in [9.17, 15) is 39.4 Å². The van der Waals surface area contributed by atoms with Gasteiger partial charge in [0.1, 0.15) is 46.8 Å². The van der Waals surface area contributed by atoms with Gasteiger partial charge in [-0.05, 0) is 179 Å². The molecule has 426 valence electrons. The Kier molecular flexibility index (Phi) is 18.2. The number of fused-ring (bicyclic) bond motifs is 3. The summed E-state index contributed by atoms with van der Waals surface area (Å²) in [7, 11) is 0. The van der Waals surface area contributed by atoms with Gasteiger partial charge in [-0.25, -0.2) is 9.37 Å². The van der Waals surface area contributed by atoms with Crippen LogP contribution in [0, 0.1) is 68.0 Å². The van der Waals surface area contributed by atoms with Gasteiger partial charge in [0.2, 0.25) is 0 Å². The number of hydrogen-bond donors (Lipinski definition) is 6. The highest BCUT2D eigenvalue weighted by atomic mass is 19.1. The van der Waals surface area contributed by atoms with Crippen molar-refractivity contribution < 1.29 is 53.6 Å². The van der Waals surface area contributed by atoms with E-state index in [4.69, 9.17) is 14.2 Å². The fourth-order valence-electron chi connectivity index (χ4n) is 13.3. The van der Waals surface area contributed by atoms with Crippen molar-refractivity contribution in [1.29, 1.82) is 0 Å². The van der Waals surface area contributed by atoms with Crippen molar-refractivity contribution in [3.63, 3.8) is 0 Å². The summed E-state index contributed by atoms with van der Waals surface area (Å²) in [4.78, 5) is 14.6. The number of aryl methyl sites for hydroxylation is 3. The molecule has 12 atom stereocenters. The number of hydrogen-bond acceptors (Lipinski definition) is 14. The number of rotatable bonds is 15. The number of pyridine rings is 2. The summed E-state index contributed by atoms with van der Waals surface area (Å²) in [5, 5.41) is 59.1. The first kappa shape index (κ1) is 56.9. The van der Waals surface area contributed by atoms with Crippen LogP contribution >= 0.6 is 0 Å². The van der Waals surface area contributed by atoms with E-state index >= 15 is 0 Å². The van der Waals surface area contributed by atoms with Crippen molar-refractivity contribution in [2.45, 2.75) is 95.9 Å². The number of phenols is 1. The Morgan fingerprint density at radius 1 is 0.463 bits per heavy atom. The quantitative estimate of drug-likeness (QED) is 0.0534. The molecule has 5 heterocycles. The minimum atomic E-state index is -0.944. The molecule has 6 aromatic rings. The number of aromatic nitrogens is 2. The van der Waals surface area contributed by atoms with Gasteiger partial charge in [0.15, 0.2) is 5.75 Å². The van der Waals surface area contributed by atoms with Gasteiger partial charge in [0, 0.05) is 65.0 Å². The van der Waals surface area contributed by atoms with E-state index in [1.807, 2.05) is 25.1 Å². The number of ether oxygens (including phenoxy) is 3. The van der Waals surface area contributed by atoms with Crippen LogP contribution in [0.4, 0.5) is 8.78 Å². The van der Waals surface area contributed by atoms with Crippen LogP contribution in [-0.2, 0) is 0 Å². The molecule has 0 bridgehead atoms. The molecule has 6 unspecified atom stereocenters. The maximum Gasteiger partial charge on any atom is 0.255 e. The number of halogens is 2. The summed E-state index contributed by atoms with van der Waals surface area (Å²) in [5.41, 5.74) is 5.04. The molecule has 12 rings (SSSR count). The van der Waals surface area contributed by atoms with Gasteiger partial charge < -0.3 is 44.8 Å². The van der Waals surface area contributed by atoms with Gasteiger partial charge in [0.25, 0.3) is 5.95 Å². The van der Waals surface area contributed by atoms with Crippen LogP contribution in [0.15, 0.2) is 121 Å². The zero-order valence-corrected chi connectivity index (χ0v) is 46.0. The Hall–Kier alpha value is -6.40. The molecule has 3 aliphatic heterocycles. The first-order valence-corrected chi connectivity index (χ1v) is 28.4. The number of phenolic OH excluding ortho intramolecular Hbond substituents is 1. The van der Waals surface area contributed by atoms with E-state index in [1.54, 1.807) is 36.4 Å². The van der Waals surface area contributed by atoms with E-state index in [1.165, 1.54) is 41.6 Å². The molecule has 2 aromatic heterocycles. The van der Waals surface area contributed by atoms with E-state index in [2.05, 4.69) is 74.9 Å². The highest BCUT2D eigenvalue weighted by Crippen LogP contribution is 2.43. The predicted molar refractivity (Wildman–Crippen MR) is 299 cm³/mol. The summed E-state index contributed by atoms with van der Waals surface area (Å²) in [5.74, 6) is 4.70. The summed E-state index contributed by atoms with van der Waals surface area (Å²) < 4.78 is 45.3. The molecule has 0 amide bonds. The van der Waals surface area contributed by atoms with Crippen molar-refractivity contribution in [2.24, 2.45) is 35.5 Å². The Bertz CT molecular complexity index is 2900. The molecule has 6 aliphatic rings.